The Hall–Kier alpha value is -3.41. The lowest BCUT2D eigenvalue weighted by molar-refractivity contribution is 0.0746. The molecule has 0 bridgehead atoms. The number of carbonyl (C=O) groups is 1. The van der Waals surface area contributed by atoms with Crippen molar-refractivity contribution in [3.63, 3.8) is 0 Å². The Bertz CT molecular complexity index is 998. The largest absolute Gasteiger partial charge is 0.366 e. The minimum atomic E-state index is -0.230. The van der Waals surface area contributed by atoms with Crippen LogP contribution >= 0.6 is 0 Å². The Morgan fingerprint density at radius 2 is 1.69 bits per heavy atom. The fraction of sp³-hybridized carbons (Fsp3) is 0.217. The molecule has 0 unspecified atom stereocenters. The molecular weight excluding hydrogens is 367 g/mol. The van der Waals surface area contributed by atoms with Crippen molar-refractivity contribution in [1.29, 1.82) is 0 Å². The third-order valence-electron chi connectivity index (χ3n) is 5.09. The minimum Gasteiger partial charge on any atom is -0.366 e. The fourth-order valence-corrected chi connectivity index (χ4v) is 3.47. The Morgan fingerprint density at radius 1 is 0.966 bits per heavy atom. The zero-order valence-electron chi connectivity index (χ0n) is 16.3. The molecule has 0 saturated carbocycles. The Balaban J connectivity index is 1.41. The molecule has 1 aliphatic heterocycles. The second-order valence-electron chi connectivity index (χ2n) is 7.18. The van der Waals surface area contributed by atoms with Gasteiger partial charge in [-0.2, -0.15) is 0 Å². The van der Waals surface area contributed by atoms with Gasteiger partial charge in [0.25, 0.3) is 5.91 Å². The molecule has 6 heteroatoms. The number of nitrogens with zero attached hydrogens (tertiary/aromatic N) is 3. The van der Waals surface area contributed by atoms with Crippen molar-refractivity contribution in [2.75, 3.05) is 36.4 Å². The summed E-state index contributed by atoms with van der Waals surface area (Å²) in [6.45, 7) is 4.32. The van der Waals surface area contributed by atoms with Crippen LogP contribution in [0.5, 0.6) is 0 Å². The summed E-state index contributed by atoms with van der Waals surface area (Å²) in [7, 11) is 0. The summed E-state index contributed by atoms with van der Waals surface area (Å²) in [5.74, 6) is -0.287. The first-order valence-electron chi connectivity index (χ1n) is 9.68. The number of nitrogens with one attached hydrogen (secondary N) is 1. The number of benzene rings is 2. The Labute approximate surface area is 169 Å². The van der Waals surface area contributed by atoms with Gasteiger partial charge in [-0.15, -0.1) is 0 Å². The van der Waals surface area contributed by atoms with E-state index in [0.717, 1.165) is 11.4 Å². The standard InChI is InChI=1S/C23H23FN4O/c1-17-6-8-19(9-7-17)26-20-14-18(15-25-16-20)23(29)28-12-10-27(11-13-28)22-5-3-2-4-21(22)24/h2-9,14-16,26H,10-13H2,1H3. The summed E-state index contributed by atoms with van der Waals surface area (Å²) in [5.41, 5.74) is 4.03. The van der Waals surface area contributed by atoms with E-state index in [4.69, 9.17) is 0 Å². The Morgan fingerprint density at radius 3 is 2.41 bits per heavy atom. The van der Waals surface area contributed by atoms with Crippen LogP contribution in [0, 0.1) is 12.7 Å². The Kier molecular flexibility index (Phi) is 5.42. The molecule has 0 spiro atoms. The third-order valence-corrected chi connectivity index (χ3v) is 5.09. The van der Waals surface area contributed by atoms with Crippen LogP contribution in [0.15, 0.2) is 67.0 Å². The van der Waals surface area contributed by atoms with Crippen LogP contribution < -0.4 is 10.2 Å². The zero-order valence-corrected chi connectivity index (χ0v) is 16.3. The van der Waals surface area contributed by atoms with Crippen LogP contribution in [-0.4, -0.2) is 42.0 Å². The van der Waals surface area contributed by atoms with Gasteiger partial charge in [0.05, 0.1) is 23.1 Å². The number of carbonyl (C=O) groups excluding carboxylic acids is 1. The molecule has 29 heavy (non-hydrogen) atoms. The van der Waals surface area contributed by atoms with Gasteiger partial charge in [-0.3, -0.25) is 9.78 Å². The highest BCUT2D eigenvalue weighted by atomic mass is 19.1. The van der Waals surface area contributed by atoms with Gasteiger partial charge in [0, 0.05) is 38.1 Å². The minimum absolute atomic E-state index is 0.0572. The summed E-state index contributed by atoms with van der Waals surface area (Å²) in [6.07, 6.45) is 3.29. The van der Waals surface area contributed by atoms with E-state index in [2.05, 4.69) is 10.3 Å². The van der Waals surface area contributed by atoms with Crippen LogP contribution in [0.25, 0.3) is 0 Å². The van der Waals surface area contributed by atoms with Crippen LogP contribution in [0.3, 0.4) is 0 Å². The normalized spacial score (nSPS) is 14.0. The second-order valence-corrected chi connectivity index (χ2v) is 7.18. The average molecular weight is 390 g/mol. The molecule has 1 saturated heterocycles. The monoisotopic (exact) mass is 390 g/mol. The summed E-state index contributed by atoms with van der Waals surface area (Å²) < 4.78 is 14.0. The molecule has 5 nitrogen and oxygen atoms in total. The van der Waals surface area contributed by atoms with E-state index in [1.807, 2.05) is 48.2 Å². The number of aromatic nitrogens is 1. The molecule has 1 fully saturated rings. The lowest BCUT2D eigenvalue weighted by Crippen LogP contribution is -2.49. The van der Waals surface area contributed by atoms with Crippen LogP contribution in [0.2, 0.25) is 0 Å². The van der Waals surface area contributed by atoms with Gasteiger partial charge in [0.15, 0.2) is 0 Å². The molecule has 0 aliphatic carbocycles. The van der Waals surface area contributed by atoms with Crippen molar-refractivity contribution in [2.45, 2.75) is 6.92 Å². The maximum absolute atomic E-state index is 14.0. The SMILES string of the molecule is Cc1ccc(Nc2cncc(C(=O)N3CCN(c4ccccc4F)CC3)c2)cc1. The number of rotatable bonds is 4. The molecular formula is C23H23FN4O. The molecule has 1 N–H and O–H groups in total. The topological polar surface area (TPSA) is 48.5 Å². The maximum Gasteiger partial charge on any atom is 0.255 e. The number of anilines is 3. The average Bonchev–Trinajstić information content (AvgIpc) is 2.76. The molecule has 2 heterocycles. The van der Waals surface area contributed by atoms with Crippen LogP contribution in [0.1, 0.15) is 15.9 Å². The van der Waals surface area contributed by atoms with E-state index in [1.54, 1.807) is 29.4 Å². The first kappa shape index (κ1) is 18.9. The molecule has 2 aromatic carbocycles. The molecule has 148 valence electrons. The van der Waals surface area contributed by atoms with E-state index in [0.29, 0.717) is 37.4 Å². The predicted octanol–water partition coefficient (Wildman–Crippen LogP) is 4.24. The number of pyridine rings is 1. The van der Waals surface area contributed by atoms with Gasteiger partial charge in [-0.05, 0) is 37.3 Å². The van der Waals surface area contributed by atoms with Crippen molar-refractivity contribution >= 4 is 23.0 Å². The van der Waals surface area contributed by atoms with E-state index < -0.39 is 0 Å². The van der Waals surface area contributed by atoms with E-state index in [9.17, 15) is 9.18 Å². The lowest BCUT2D eigenvalue weighted by atomic mass is 10.2. The molecule has 1 aliphatic rings. The molecule has 3 aromatic rings. The second kappa shape index (κ2) is 8.31. The van der Waals surface area contributed by atoms with Crippen LogP contribution in [0.4, 0.5) is 21.5 Å². The summed E-state index contributed by atoms with van der Waals surface area (Å²) >= 11 is 0. The van der Waals surface area contributed by atoms with E-state index in [-0.39, 0.29) is 11.7 Å². The first-order chi connectivity index (χ1) is 14.1. The van der Waals surface area contributed by atoms with Gasteiger partial charge in [0.2, 0.25) is 0 Å². The van der Waals surface area contributed by atoms with Gasteiger partial charge in [0.1, 0.15) is 5.82 Å². The highest BCUT2D eigenvalue weighted by Gasteiger charge is 2.23. The van der Waals surface area contributed by atoms with E-state index >= 15 is 0 Å². The van der Waals surface area contributed by atoms with Gasteiger partial charge >= 0.3 is 0 Å². The van der Waals surface area contributed by atoms with Crippen molar-refractivity contribution in [1.82, 2.24) is 9.88 Å². The molecule has 1 amide bonds. The number of halogens is 1. The number of para-hydroxylation sites is 1. The highest BCUT2D eigenvalue weighted by molar-refractivity contribution is 5.95. The molecule has 0 atom stereocenters. The van der Waals surface area contributed by atoms with Crippen molar-refractivity contribution in [2.24, 2.45) is 0 Å². The van der Waals surface area contributed by atoms with Gasteiger partial charge in [-0.1, -0.05) is 29.8 Å². The fourth-order valence-electron chi connectivity index (χ4n) is 3.47. The molecule has 1 aromatic heterocycles. The first-order valence-corrected chi connectivity index (χ1v) is 9.68. The van der Waals surface area contributed by atoms with Gasteiger partial charge < -0.3 is 15.1 Å². The number of piperazine rings is 1. The van der Waals surface area contributed by atoms with Crippen molar-refractivity contribution in [3.8, 4) is 0 Å². The number of amides is 1. The predicted molar refractivity (Wildman–Crippen MR) is 113 cm³/mol. The lowest BCUT2D eigenvalue weighted by Gasteiger charge is -2.36. The molecule has 0 radical (unpaired) electrons. The quantitative estimate of drug-likeness (QED) is 0.724. The molecule has 4 rings (SSSR count). The van der Waals surface area contributed by atoms with Crippen LogP contribution in [-0.2, 0) is 0 Å². The number of aryl methyl sites for hydroxylation is 1. The summed E-state index contributed by atoms with van der Waals surface area (Å²) in [5, 5.41) is 3.28. The smallest absolute Gasteiger partial charge is 0.255 e. The summed E-state index contributed by atoms with van der Waals surface area (Å²) in [6, 6.07) is 16.6. The van der Waals surface area contributed by atoms with Gasteiger partial charge in [-0.25, -0.2) is 4.39 Å². The zero-order chi connectivity index (χ0) is 20.2. The van der Waals surface area contributed by atoms with Crippen molar-refractivity contribution in [3.05, 3.63) is 83.9 Å². The van der Waals surface area contributed by atoms with E-state index in [1.165, 1.54) is 11.6 Å². The maximum atomic E-state index is 14.0. The summed E-state index contributed by atoms with van der Waals surface area (Å²) in [4.78, 5) is 20.9. The number of hydrogen-bond acceptors (Lipinski definition) is 4. The third kappa shape index (κ3) is 4.37. The highest BCUT2D eigenvalue weighted by Crippen LogP contribution is 2.22. The number of hydrogen-bond donors (Lipinski definition) is 1. The van der Waals surface area contributed by atoms with Crippen molar-refractivity contribution < 1.29 is 9.18 Å².